The SMILES string of the molecule is CCCCCCc1ccccc1C(N)(N)CCCCCC. The average molecular weight is 290 g/mol. The minimum absolute atomic E-state index is 0.672. The highest BCUT2D eigenvalue weighted by Crippen LogP contribution is 2.25. The first-order chi connectivity index (χ1) is 10.1. The first-order valence-corrected chi connectivity index (χ1v) is 8.78. The minimum Gasteiger partial charge on any atom is -0.310 e. The number of rotatable bonds is 11. The van der Waals surface area contributed by atoms with Gasteiger partial charge in [0.05, 0.1) is 5.66 Å². The summed E-state index contributed by atoms with van der Waals surface area (Å²) in [6.07, 6.45) is 12.0. The molecular formula is C19H34N2. The Labute approximate surface area is 131 Å². The third kappa shape index (κ3) is 6.62. The molecule has 0 spiro atoms. The van der Waals surface area contributed by atoms with Gasteiger partial charge in [0.15, 0.2) is 0 Å². The molecule has 1 aromatic rings. The number of benzene rings is 1. The highest BCUT2D eigenvalue weighted by atomic mass is 15.0. The van der Waals surface area contributed by atoms with E-state index >= 15 is 0 Å². The summed E-state index contributed by atoms with van der Waals surface area (Å²) in [5, 5.41) is 0. The van der Waals surface area contributed by atoms with E-state index in [0.717, 1.165) is 24.8 Å². The third-order valence-electron chi connectivity index (χ3n) is 4.26. The summed E-state index contributed by atoms with van der Waals surface area (Å²) in [6.45, 7) is 4.47. The Morgan fingerprint density at radius 3 is 2.10 bits per heavy atom. The van der Waals surface area contributed by atoms with Crippen LogP contribution in [0.4, 0.5) is 0 Å². The van der Waals surface area contributed by atoms with Gasteiger partial charge in [0.2, 0.25) is 0 Å². The van der Waals surface area contributed by atoms with Crippen molar-refractivity contribution >= 4 is 0 Å². The summed E-state index contributed by atoms with van der Waals surface area (Å²) in [7, 11) is 0. The summed E-state index contributed by atoms with van der Waals surface area (Å²) in [6, 6.07) is 8.48. The van der Waals surface area contributed by atoms with E-state index in [1.807, 2.05) is 0 Å². The lowest BCUT2D eigenvalue weighted by Gasteiger charge is -2.28. The van der Waals surface area contributed by atoms with Crippen LogP contribution >= 0.6 is 0 Å². The molecule has 4 N–H and O–H groups in total. The smallest absolute Gasteiger partial charge is 0.0902 e. The Morgan fingerprint density at radius 2 is 1.43 bits per heavy atom. The molecule has 1 rings (SSSR count). The molecule has 0 aliphatic carbocycles. The second-order valence-electron chi connectivity index (χ2n) is 6.32. The van der Waals surface area contributed by atoms with Gasteiger partial charge >= 0.3 is 0 Å². The molecule has 0 heterocycles. The molecule has 0 atom stereocenters. The van der Waals surface area contributed by atoms with Crippen LogP contribution in [0.25, 0.3) is 0 Å². The maximum atomic E-state index is 6.43. The fourth-order valence-electron chi connectivity index (χ4n) is 2.91. The van der Waals surface area contributed by atoms with E-state index < -0.39 is 5.66 Å². The second-order valence-corrected chi connectivity index (χ2v) is 6.32. The zero-order valence-electron chi connectivity index (χ0n) is 14.0. The Bertz CT molecular complexity index is 385. The second kappa shape index (κ2) is 9.97. The van der Waals surface area contributed by atoms with Crippen LogP contribution in [0.3, 0.4) is 0 Å². The van der Waals surface area contributed by atoms with Crippen molar-refractivity contribution in [3.8, 4) is 0 Å². The van der Waals surface area contributed by atoms with Crippen LogP contribution in [0.1, 0.15) is 82.8 Å². The predicted octanol–water partition coefficient (Wildman–Crippen LogP) is 4.85. The Kier molecular flexibility index (Phi) is 8.63. The zero-order valence-corrected chi connectivity index (χ0v) is 14.0. The standard InChI is InChI=1S/C19H34N2/c1-3-5-7-9-13-17-14-10-11-15-18(17)19(20,21)16-12-8-6-4-2/h10-11,14-15H,3-9,12-13,16,20-21H2,1-2H3. The van der Waals surface area contributed by atoms with Gasteiger partial charge in [-0.15, -0.1) is 0 Å². The number of hydrogen-bond acceptors (Lipinski definition) is 2. The third-order valence-corrected chi connectivity index (χ3v) is 4.26. The number of unbranched alkanes of at least 4 members (excludes halogenated alkanes) is 6. The summed E-state index contributed by atoms with van der Waals surface area (Å²) >= 11 is 0. The number of nitrogens with two attached hydrogens (primary N) is 2. The van der Waals surface area contributed by atoms with Gasteiger partial charge < -0.3 is 11.5 Å². The molecule has 1 aromatic carbocycles. The van der Waals surface area contributed by atoms with Crippen molar-refractivity contribution in [2.75, 3.05) is 0 Å². The number of hydrogen-bond donors (Lipinski definition) is 2. The first kappa shape index (κ1) is 18.2. The van der Waals surface area contributed by atoms with Crippen molar-refractivity contribution < 1.29 is 0 Å². The van der Waals surface area contributed by atoms with E-state index in [0.29, 0.717) is 0 Å². The highest BCUT2D eigenvalue weighted by molar-refractivity contribution is 5.32. The van der Waals surface area contributed by atoms with Crippen molar-refractivity contribution in [3.63, 3.8) is 0 Å². The quantitative estimate of drug-likeness (QED) is 0.452. The fraction of sp³-hybridized carbons (Fsp3) is 0.684. The first-order valence-electron chi connectivity index (χ1n) is 8.78. The van der Waals surface area contributed by atoms with E-state index in [2.05, 4.69) is 38.1 Å². The van der Waals surface area contributed by atoms with Crippen molar-refractivity contribution in [2.45, 2.75) is 83.7 Å². The fourth-order valence-corrected chi connectivity index (χ4v) is 2.91. The van der Waals surface area contributed by atoms with Gasteiger partial charge in [-0.1, -0.05) is 76.6 Å². The molecule has 0 aliphatic heterocycles. The lowest BCUT2D eigenvalue weighted by Crippen LogP contribution is -2.46. The van der Waals surface area contributed by atoms with Crippen molar-refractivity contribution in [3.05, 3.63) is 35.4 Å². The molecule has 0 unspecified atom stereocenters. The highest BCUT2D eigenvalue weighted by Gasteiger charge is 2.23. The van der Waals surface area contributed by atoms with Crippen LogP contribution in [0.2, 0.25) is 0 Å². The summed E-state index contributed by atoms with van der Waals surface area (Å²) in [4.78, 5) is 0. The van der Waals surface area contributed by atoms with E-state index in [-0.39, 0.29) is 0 Å². The summed E-state index contributed by atoms with van der Waals surface area (Å²) < 4.78 is 0. The lowest BCUT2D eigenvalue weighted by atomic mass is 9.89. The van der Waals surface area contributed by atoms with Gasteiger partial charge in [0.25, 0.3) is 0 Å². The molecule has 0 saturated heterocycles. The van der Waals surface area contributed by atoms with Gasteiger partial charge in [0, 0.05) is 0 Å². The van der Waals surface area contributed by atoms with Crippen LogP contribution in [0.15, 0.2) is 24.3 Å². The topological polar surface area (TPSA) is 52.0 Å². The van der Waals surface area contributed by atoms with Crippen LogP contribution in [0, 0.1) is 0 Å². The average Bonchev–Trinajstić information content (AvgIpc) is 2.48. The molecule has 0 bridgehead atoms. The Morgan fingerprint density at radius 1 is 0.810 bits per heavy atom. The predicted molar refractivity (Wildman–Crippen MR) is 93.1 cm³/mol. The van der Waals surface area contributed by atoms with E-state index in [1.54, 1.807) is 0 Å². The minimum atomic E-state index is -0.672. The van der Waals surface area contributed by atoms with Gasteiger partial charge in [0.1, 0.15) is 0 Å². The Hall–Kier alpha value is -0.860. The van der Waals surface area contributed by atoms with Crippen LogP contribution in [0.5, 0.6) is 0 Å². The van der Waals surface area contributed by atoms with E-state index in [9.17, 15) is 0 Å². The summed E-state index contributed by atoms with van der Waals surface area (Å²) in [5.41, 5.74) is 14.7. The van der Waals surface area contributed by atoms with Crippen LogP contribution < -0.4 is 11.5 Å². The monoisotopic (exact) mass is 290 g/mol. The molecular weight excluding hydrogens is 256 g/mol. The molecule has 120 valence electrons. The molecule has 2 nitrogen and oxygen atoms in total. The van der Waals surface area contributed by atoms with Crippen molar-refractivity contribution in [1.82, 2.24) is 0 Å². The molecule has 0 fully saturated rings. The molecule has 0 aliphatic rings. The zero-order chi connectivity index (χ0) is 15.6. The van der Waals surface area contributed by atoms with Gasteiger partial charge in [-0.05, 0) is 36.8 Å². The van der Waals surface area contributed by atoms with Crippen molar-refractivity contribution in [2.24, 2.45) is 11.5 Å². The van der Waals surface area contributed by atoms with E-state index in [1.165, 1.54) is 50.5 Å². The molecule has 0 radical (unpaired) electrons. The molecule has 21 heavy (non-hydrogen) atoms. The van der Waals surface area contributed by atoms with Crippen LogP contribution in [-0.4, -0.2) is 0 Å². The Balaban J connectivity index is 2.62. The van der Waals surface area contributed by atoms with E-state index in [4.69, 9.17) is 11.5 Å². The maximum absolute atomic E-state index is 6.43. The van der Waals surface area contributed by atoms with Crippen molar-refractivity contribution in [1.29, 1.82) is 0 Å². The normalized spacial score (nSPS) is 11.8. The summed E-state index contributed by atoms with van der Waals surface area (Å²) in [5.74, 6) is 0. The molecule has 2 heteroatoms. The number of aryl methyl sites for hydroxylation is 1. The van der Waals surface area contributed by atoms with Gasteiger partial charge in [-0.3, -0.25) is 0 Å². The van der Waals surface area contributed by atoms with Gasteiger partial charge in [-0.25, -0.2) is 0 Å². The lowest BCUT2D eigenvalue weighted by molar-refractivity contribution is 0.398. The largest absolute Gasteiger partial charge is 0.310 e. The van der Waals surface area contributed by atoms with Crippen LogP contribution in [-0.2, 0) is 12.1 Å². The van der Waals surface area contributed by atoms with Gasteiger partial charge in [-0.2, -0.15) is 0 Å². The molecule has 0 amide bonds. The molecule has 0 aromatic heterocycles. The molecule has 0 saturated carbocycles. The maximum Gasteiger partial charge on any atom is 0.0902 e.